The molecule has 1 aromatic carbocycles. The fourth-order valence-corrected chi connectivity index (χ4v) is 3.10. The van der Waals surface area contributed by atoms with E-state index >= 15 is 0 Å². The molecule has 1 unspecified atom stereocenters. The molecule has 1 fully saturated rings. The van der Waals surface area contributed by atoms with Crippen LogP contribution in [0.15, 0.2) is 29.4 Å². The number of carbonyl (C=O) groups is 1. The number of hydrogen-bond acceptors (Lipinski definition) is 3. The molecule has 2 rings (SSSR count). The average Bonchev–Trinajstić information content (AvgIpc) is 2.55. The van der Waals surface area contributed by atoms with Crippen molar-refractivity contribution in [3.05, 3.63) is 39.7 Å². The summed E-state index contributed by atoms with van der Waals surface area (Å²) in [5, 5.41) is 13.4. The summed E-state index contributed by atoms with van der Waals surface area (Å²) in [4.78, 5) is 17.6. The third-order valence-electron chi connectivity index (χ3n) is 3.97. The Bertz CT molecular complexity index is 591. The zero-order valence-electron chi connectivity index (χ0n) is 12.8. The van der Waals surface area contributed by atoms with Crippen molar-refractivity contribution in [2.45, 2.75) is 25.3 Å². The number of rotatable bonds is 6. The molecule has 1 aliphatic heterocycles. The number of piperidine rings is 1. The number of azide groups is 1. The minimum atomic E-state index is -0.880. The van der Waals surface area contributed by atoms with Crippen LogP contribution in [0.1, 0.15) is 19.3 Å². The predicted octanol–water partition coefficient (Wildman–Crippen LogP) is 3.99. The highest BCUT2D eigenvalue weighted by atomic mass is 35.5. The number of nitrogens with zero attached hydrogens (tertiary/aromatic N) is 5. The van der Waals surface area contributed by atoms with Gasteiger partial charge < -0.3 is 14.9 Å². The normalized spacial score (nSPS) is 17.4. The van der Waals surface area contributed by atoms with Gasteiger partial charge in [-0.2, -0.15) is 0 Å². The van der Waals surface area contributed by atoms with Crippen LogP contribution in [-0.4, -0.2) is 48.3 Å². The van der Waals surface area contributed by atoms with Crippen LogP contribution in [0.5, 0.6) is 0 Å². The van der Waals surface area contributed by atoms with Crippen molar-refractivity contribution in [3.8, 4) is 0 Å². The Balaban J connectivity index is 2.14. The van der Waals surface area contributed by atoms with Crippen LogP contribution in [0.2, 0.25) is 5.02 Å². The van der Waals surface area contributed by atoms with E-state index in [1.165, 1.54) is 4.90 Å². The number of carboxylic acid groups (broad SMARTS) is 1. The Morgan fingerprint density at radius 1 is 1.57 bits per heavy atom. The van der Waals surface area contributed by atoms with Gasteiger partial charge in [-0.25, -0.2) is 4.79 Å². The van der Waals surface area contributed by atoms with Crippen LogP contribution in [0.3, 0.4) is 0 Å². The Labute approximate surface area is 140 Å². The fraction of sp³-hybridized carbons (Fsp3) is 0.533. The van der Waals surface area contributed by atoms with Crippen molar-refractivity contribution in [2.75, 3.05) is 31.1 Å². The van der Waals surface area contributed by atoms with E-state index < -0.39 is 6.09 Å². The van der Waals surface area contributed by atoms with E-state index in [0.717, 1.165) is 18.5 Å². The summed E-state index contributed by atoms with van der Waals surface area (Å²) in [6.07, 6.45) is 1.59. The lowest BCUT2D eigenvalue weighted by Crippen LogP contribution is -2.50. The quantitative estimate of drug-likeness (QED) is 0.368. The second-order valence-corrected chi connectivity index (χ2v) is 5.94. The van der Waals surface area contributed by atoms with Gasteiger partial charge in [0.15, 0.2) is 0 Å². The SMILES string of the molecule is [N-]=[N+]=NCCCN(c1cccc(Cl)c1)C1CCCN(C(=O)O)C1. The first kappa shape index (κ1) is 17.2. The number of anilines is 1. The van der Waals surface area contributed by atoms with Gasteiger partial charge in [0.05, 0.1) is 0 Å². The smallest absolute Gasteiger partial charge is 0.407 e. The summed E-state index contributed by atoms with van der Waals surface area (Å²) >= 11 is 6.09. The van der Waals surface area contributed by atoms with Crippen LogP contribution < -0.4 is 4.90 Å². The maximum Gasteiger partial charge on any atom is 0.407 e. The number of likely N-dealkylation sites (tertiary alicyclic amines) is 1. The molecule has 1 saturated heterocycles. The lowest BCUT2D eigenvalue weighted by molar-refractivity contribution is 0.129. The Morgan fingerprint density at radius 3 is 3.09 bits per heavy atom. The van der Waals surface area contributed by atoms with Crippen molar-refractivity contribution < 1.29 is 9.90 Å². The van der Waals surface area contributed by atoms with E-state index in [2.05, 4.69) is 14.9 Å². The summed E-state index contributed by atoms with van der Waals surface area (Å²) in [6, 6.07) is 7.65. The Hall–Kier alpha value is -2.11. The van der Waals surface area contributed by atoms with Gasteiger partial charge in [-0.05, 0) is 43.0 Å². The summed E-state index contributed by atoms with van der Waals surface area (Å²) in [5.74, 6) is 0. The predicted molar refractivity (Wildman–Crippen MR) is 90.0 cm³/mol. The van der Waals surface area contributed by atoms with E-state index in [1.54, 1.807) is 0 Å². The van der Waals surface area contributed by atoms with Gasteiger partial charge in [0.1, 0.15) is 0 Å². The molecule has 0 spiro atoms. The second-order valence-electron chi connectivity index (χ2n) is 5.51. The molecule has 124 valence electrons. The van der Waals surface area contributed by atoms with Gasteiger partial charge in [-0.1, -0.05) is 22.8 Å². The number of benzene rings is 1. The summed E-state index contributed by atoms with van der Waals surface area (Å²) in [5.41, 5.74) is 9.35. The van der Waals surface area contributed by atoms with Crippen LogP contribution in [-0.2, 0) is 0 Å². The highest BCUT2D eigenvalue weighted by Crippen LogP contribution is 2.26. The lowest BCUT2D eigenvalue weighted by Gasteiger charge is -2.39. The van der Waals surface area contributed by atoms with Crippen LogP contribution in [0.25, 0.3) is 10.4 Å². The Kier molecular flexibility index (Phi) is 6.38. The van der Waals surface area contributed by atoms with Gasteiger partial charge in [0, 0.05) is 47.8 Å². The van der Waals surface area contributed by atoms with Gasteiger partial charge in [0.25, 0.3) is 0 Å². The second kappa shape index (κ2) is 8.50. The van der Waals surface area contributed by atoms with Gasteiger partial charge in [0.2, 0.25) is 0 Å². The minimum Gasteiger partial charge on any atom is -0.465 e. The summed E-state index contributed by atoms with van der Waals surface area (Å²) in [7, 11) is 0. The van der Waals surface area contributed by atoms with Crippen molar-refractivity contribution in [1.82, 2.24) is 4.90 Å². The van der Waals surface area contributed by atoms with Gasteiger partial charge in [-0.3, -0.25) is 0 Å². The van der Waals surface area contributed by atoms with Crippen molar-refractivity contribution in [1.29, 1.82) is 0 Å². The maximum atomic E-state index is 11.2. The largest absolute Gasteiger partial charge is 0.465 e. The zero-order chi connectivity index (χ0) is 16.7. The molecule has 23 heavy (non-hydrogen) atoms. The lowest BCUT2D eigenvalue weighted by atomic mass is 10.0. The molecule has 0 aromatic heterocycles. The molecule has 0 radical (unpaired) electrons. The average molecular weight is 338 g/mol. The third-order valence-corrected chi connectivity index (χ3v) is 4.20. The highest BCUT2D eigenvalue weighted by molar-refractivity contribution is 6.30. The highest BCUT2D eigenvalue weighted by Gasteiger charge is 2.27. The minimum absolute atomic E-state index is 0.101. The zero-order valence-corrected chi connectivity index (χ0v) is 13.6. The van der Waals surface area contributed by atoms with E-state index in [1.807, 2.05) is 24.3 Å². The molecule has 1 amide bonds. The molecule has 7 nitrogen and oxygen atoms in total. The molecule has 0 bridgehead atoms. The molecule has 1 aromatic rings. The molecular weight excluding hydrogens is 318 g/mol. The third kappa shape index (κ3) is 4.94. The standard InChI is InChI=1S/C15H20ClN5O2/c16-12-4-1-5-13(10-12)21(9-3-7-18-19-17)14-6-2-8-20(11-14)15(22)23/h1,4-5,10,14H,2-3,6-9,11H2,(H,22,23). The van der Waals surface area contributed by atoms with Gasteiger partial charge in [-0.15, -0.1) is 0 Å². The maximum absolute atomic E-state index is 11.2. The number of amides is 1. The van der Waals surface area contributed by atoms with E-state index in [-0.39, 0.29) is 6.04 Å². The fourth-order valence-electron chi connectivity index (χ4n) is 2.92. The van der Waals surface area contributed by atoms with Crippen LogP contribution in [0, 0.1) is 0 Å². The first-order valence-corrected chi connectivity index (χ1v) is 8.00. The van der Waals surface area contributed by atoms with Crippen LogP contribution in [0.4, 0.5) is 10.5 Å². The molecule has 1 heterocycles. The molecule has 0 saturated carbocycles. The van der Waals surface area contributed by atoms with E-state index in [0.29, 0.717) is 37.6 Å². The first-order chi connectivity index (χ1) is 11.1. The molecular formula is C15H20ClN5O2. The van der Waals surface area contributed by atoms with Crippen molar-refractivity contribution in [3.63, 3.8) is 0 Å². The molecule has 8 heteroatoms. The monoisotopic (exact) mass is 337 g/mol. The molecule has 1 N–H and O–H groups in total. The summed E-state index contributed by atoms with van der Waals surface area (Å²) < 4.78 is 0. The first-order valence-electron chi connectivity index (χ1n) is 7.62. The number of hydrogen-bond donors (Lipinski definition) is 1. The van der Waals surface area contributed by atoms with Crippen LogP contribution >= 0.6 is 11.6 Å². The summed E-state index contributed by atoms with van der Waals surface area (Å²) in [6.45, 7) is 2.16. The van der Waals surface area contributed by atoms with Crippen molar-refractivity contribution >= 4 is 23.4 Å². The van der Waals surface area contributed by atoms with E-state index in [4.69, 9.17) is 17.1 Å². The molecule has 1 aliphatic rings. The Morgan fingerprint density at radius 2 is 2.39 bits per heavy atom. The van der Waals surface area contributed by atoms with E-state index in [9.17, 15) is 9.90 Å². The number of halogens is 1. The topological polar surface area (TPSA) is 92.5 Å². The molecule has 0 aliphatic carbocycles. The van der Waals surface area contributed by atoms with Crippen molar-refractivity contribution in [2.24, 2.45) is 5.11 Å². The molecule has 1 atom stereocenters. The van der Waals surface area contributed by atoms with Gasteiger partial charge >= 0.3 is 6.09 Å².